The summed E-state index contributed by atoms with van der Waals surface area (Å²) >= 11 is 0. The molecule has 2 N–H and O–H groups in total. The van der Waals surface area contributed by atoms with Gasteiger partial charge in [-0.2, -0.15) is 17.5 Å². The number of urea groups is 1. The topological polar surface area (TPSA) is 138 Å². The number of sulfonamides is 1. The van der Waals surface area contributed by atoms with E-state index in [1.54, 1.807) is 0 Å². The Morgan fingerprint density at radius 3 is 2.33 bits per heavy atom. The van der Waals surface area contributed by atoms with E-state index in [2.05, 4.69) is 20.8 Å². The fourth-order valence-electron chi connectivity index (χ4n) is 4.13. The van der Waals surface area contributed by atoms with E-state index in [-0.39, 0.29) is 32.2 Å². The Morgan fingerprint density at radius 2 is 1.75 bits per heavy atom. The highest BCUT2D eigenvalue weighted by Crippen LogP contribution is 2.31. The quantitative estimate of drug-likeness (QED) is 0.437. The molecule has 1 aromatic heterocycles. The molecule has 0 spiro atoms. The zero-order chi connectivity index (χ0) is 29.1. The van der Waals surface area contributed by atoms with Crippen LogP contribution in [0.5, 0.6) is 0 Å². The smallest absolute Gasteiger partial charge is 0.411 e. The Hall–Kier alpha value is -3.98. The lowest BCUT2D eigenvalue weighted by Gasteiger charge is -2.39. The summed E-state index contributed by atoms with van der Waals surface area (Å²) in [5.74, 6) is -0.363. The second-order valence-electron chi connectivity index (χ2n) is 9.39. The minimum absolute atomic E-state index is 0.0933. The van der Waals surface area contributed by atoms with E-state index in [0.717, 1.165) is 34.0 Å². The van der Waals surface area contributed by atoms with Crippen LogP contribution in [0.2, 0.25) is 0 Å². The number of hydrogen-bond donors (Lipinski definition) is 2. The van der Waals surface area contributed by atoms with E-state index in [0.29, 0.717) is 18.1 Å². The lowest BCUT2D eigenvalue weighted by atomic mass is 10.0. The van der Waals surface area contributed by atoms with Gasteiger partial charge in [0.2, 0.25) is 22.3 Å². The van der Waals surface area contributed by atoms with E-state index in [1.165, 1.54) is 4.90 Å². The molecule has 1 atom stereocenters. The number of amides is 3. The molecule has 1 aliphatic rings. The number of aromatic nitrogens is 2. The molecule has 3 amide bonds. The number of nitrogens with zero attached hydrogens (tertiary/aromatic N) is 4. The first-order chi connectivity index (χ1) is 18.9. The van der Waals surface area contributed by atoms with Crippen molar-refractivity contribution in [1.82, 2.24) is 24.7 Å². The summed E-state index contributed by atoms with van der Waals surface area (Å²) in [4.78, 5) is 26.9. The first-order valence-corrected chi connectivity index (χ1v) is 13.7. The van der Waals surface area contributed by atoms with Crippen LogP contribution in [0.25, 0.3) is 0 Å². The number of nitrogens with one attached hydrogen (secondary N) is 2. The molecule has 1 fully saturated rings. The molecule has 0 bridgehead atoms. The molecular formula is C25H27F3N6O5S. The maximum absolute atomic E-state index is 13.5. The largest absolute Gasteiger partial charge is 0.416 e. The zero-order valence-corrected chi connectivity index (χ0v) is 22.4. The Morgan fingerprint density at radius 1 is 1.07 bits per heavy atom. The summed E-state index contributed by atoms with van der Waals surface area (Å²) < 4.78 is 71.8. The van der Waals surface area contributed by atoms with Crippen LogP contribution in [-0.4, -0.2) is 65.4 Å². The fraction of sp³-hybridized carbons (Fsp3) is 0.360. The van der Waals surface area contributed by atoms with E-state index in [9.17, 15) is 31.2 Å². The summed E-state index contributed by atoms with van der Waals surface area (Å²) in [5, 5.41) is 12.1. The van der Waals surface area contributed by atoms with Crippen molar-refractivity contribution in [3.8, 4) is 0 Å². The molecular weight excluding hydrogens is 553 g/mol. The molecule has 2 heterocycles. The monoisotopic (exact) mass is 580 g/mol. The van der Waals surface area contributed by atoms with Crippen LogP contribution in [0.15, 0.2) is 64.2 Å². The van der Waals surface area contributed by atoms with Crippen molar-refractivity contribution in [2.24, 2.45) is 0 Å². The summed E-state index contributed by atoms with van der Waals surface area (Å²) in [6.07, 6.45) is -3.64. The van der Waals surface area contributed by atoms with Crippen molar-refractivity contribution in [2.75, 3.05) is 25.0 Å². The molecule has 4 rings (SSSR count). The van der Waals surface area contributed by atoms with Crippen molar-refractivity contribution < 1.29 is 35.6 Å². The first-order valence-electron chi connectivity index (χ1n) is 12.2. The molecule has 11 nitrogen and oxygen atoms in total. The molecule has 15 heteroatoms. The average Bonchev–Trinajstić information content (AvgIpc) is 3.44. The molecule has 1 aliphatic heterocycles. The van der Waals surface area contributed by atoms with Gasteiger partial charge < -0.3 is 14.6 Å². The maximum Gasteiger partial charge on any atom is 0.416 e. The molecule has 0 radical (unpaired) electrons. The van der Waals surface area contributed by atoms with Crippen molar-refractivity contribution >= 4 is 28.0 Å². The molecule has 1 saturated heterocycles. The predicted molar refractivity (Wildman–Crippen MR) is 136 cm³/mol. The van der Waals surface area contributed by atoms with E-state index in [1.807, 2.05) is 38.1 Å². The number of alkyl halides is 3. The molecule has 0 unspecified atom stereocenters. The van der Waals surface area contributed by atoms with Gasteiger partial charge in [0.05, 0.1) is 10.5 Å². The van der Waals surface area contributed by atoms with E-state index >= 15 is 0 Å². The summed E-state index contributed by atoms with van der Waals surface area (Å²) in [6, 6.07) is 8.31. The number of hydrogen-bond acceptors (Lipinski definition) is 7. The van der Waals surface area contributed by atoms with Crippen molar-refractivity contribution in [3.63, 3.8) is 0 Å². The molecule has 0 aliphatic carbocycles. The highest BCUT2D eigenvalue weighted by Gasteiger charge is 2.42. The molecule has 2 aromatic carbocycles. The summed E-state index contributed by atoms with van der Waals surface area (Å²) in [6.45, 7) is 3.45. The first kappa shape index (κ1) is 29.0. The molecule has 214 valence electrons. The standard InChI is InChI=1S/C25H27F3N6O5S/c1-16(2)18-5-3-17(4-6-18)13-29-22(35)21-14-33(24(36)31-23-32-30-15-39-23)11-12-34(21)40(37,38)20-9-7-19(8-10-20)25(26,27)28/h3-10,15-16,21H,11-14H2,1-2H3,(H,29,35)(H,31,32,36)/t21-/m1/s1. The van der Waals surface area contributed by atoms with Crippen molar-refractivity contribution in [2.45, 2.75) is 43.4 Å². The third kappa shape index (κ3) is 6.59. The van der Waals surface area contributed by atoms with Crippen LogP contribution in [0.4, 0.5) is 24.0 Å². The summed E-state index contributed by atoms with van der Waals surface area (Å²) in [5.41, 5.74) is 0.877. The lowest BCUT2D eigenvalue weighted by Crippen LogP contribution is -2.61. The van der Waals surface area contributed by atoms with Gasteiger partial charge in [0, 0.05) is 26.2 Å². The number of carbonyl (C=O) groups excluding carboxylic acids is 2. The van der Waals surface area contributed by atoms with Crippen LogP contribution >= 0.6 is 0 Å². The highest BCUT2D eigenvalue weighted by atomic mass is 32.2. The minimum atomic E-state index is -4.64. The third-order valence-electron chi connectivity index (χ3n) is 6.40. The summed E-state index contributed by atoms with van der Waals surface area (Å²) in [7, 11) is -4.41. The second-order valence-corrected chi connectivity index (χ2v) is 11.3. The van der Waals surface area contributed by atoms with Gasteiger partial charge in [-0.3, -0.25) is 10.1 Å². The lowest BCUT2D eigenvalue weighted by molar-refractivity contribution is -0.137. The van der Waals surface area contributed by atoms with Gasteiger partial charge in [0.15, 0.2) is 0 Å². The average molecular weight is 581 g/mol. The highest BCUT2D eigenvalue weighted by molar-refractivity contribution is 7.89. The van der Waals surface area contributed by atoms with Gasteiger partial charge in [-0.15, -0.1) is 5.10 Å². The molecule has 0 saturated carbocycles. The van der Waals surface area contributed by atoms with Crippen LogP contribution in [-0.2, 0) is 27.5 Å². The zero-order valence-electron chi connectivity index (χ0n) is 21.6. The van der Waals surface area contributed by atoms with Gasteiger partial charge in [0.25, 0.3) is 0 Å². The van der Waals surface area contributed by atoms with E-state index < -0.39 is 44.6 Å². The number of rotatable bonds is 7. The molecule has 40 heavy (non-hydrogen) atoms. The SMILES string of the molecule is CC(C)c1ccc(CNC(=O)[C@H]2CN(C(=O)Nc3nnco3)CCN2S(=O)(=O)c2ccc(C(F)(F)F)cc2)cc1. The van der Waals surface area contributed by atoms with Crippen LogP contribution < -0.4 is 10.6 Å². The Balaban J connectivity index is 1.56. The van der Waals surface area contributed by atoms with Gasteiger partial charge in [-0.05, 0) is 41.3 Å². The van der Waals surface area contributed by atoms with Crippen LogP contribution in [0, 0.1) is 0 Å². The van der Waals surface area contributed by atoms with E-state index in [4.69, 9.17) is 4.42 Å². The van der Waals surface area contributed by atoms with Gasteiger partial charge in [0.1, 0.15) is 6.04 Å². The maximum atomic E-state index is 13.5. The van der Waals surface area contributed by atoms with Crippen molar-refractivity contribution in [1.29, 1.82) is 0 Å². The predicted octanol–water partition coefficient (Wildman–Crippen LogP) is 3.44. The second kappa shape index (κ2) is 11.6. The van der Waals surface area contributed by atoms with Crippen LogP contribution in [0.1, 0.15) is 36.5 Å². The Kier molecular flexibility index (Phi) is 8.44. The number of piperazine rings is 1. The van der Waals surface area contributed by atoms with Crippen molar-refractivity contribution in [3.05, 3.63) is 71.6 Å². The van der Waals surface area contributed by atoms with Gasteiger partial charge in [-0.25, -0.2) is 13.2 Å². The Bertz CT molecular complexity index is 1430. The number of benzene rings is 2. The van der Waals surface area contributed by atoms with Gasteiger partial charge in [-0.1, -0.05) is 43.2 Å². The number of anilines is 1. The number of carbonyl (C=O) groups is 2. The normalized spacial score (nSPS) is 16.6. The fourth-order valence-corrected chi connectivity index (χ4v) is 5.70. The van der Waals surface area contributed by atoms with Gasteiger partial charge >= 0.3 is 18.2 Å². The Labute approximate surface area is 228 Å². The number of halogens is 3. The third-order valence-corrected chi connectivity index (χ3v) is 8.32. The minimum Gasteiger partial charge on any atom is -0.411 e. The van der Waals surface area contributed by atoms with Crippen LogP contribution in [0.3, 0.4) is 0 Å². The molecule has 3 aromatic rings.